The Balaban J connectivity index is 1.88. The zero-order chi connectivity index (χ0) is 12.5. The molecular formula is C13H13F3O. The van der Waals surface area contributed by atoms with E-state index < -0.39 is 18.4 Å². The second kappa shape index (κ2) is 4.51. The molecule has 4 heteroatoms. The minimum absolute atomic E-state index is 0.156. The second-order valence-electron chi connectivity index (χ2n) is 4.44. The van der Waals surface area contributed by atoms with Crippen LogP contribution >= 0.6 is 0 Å². The Bertz CT molecular complexity index is 402. The average Bonchev–Trinajstić information content (AvgIpc) is 3.09. The van der Waals surface area contributed by atoms with E-state index in [-0.39, 0.29) is 6.42 Å². The predicted molar refractivity (Wildman–Crippen MR) is 57.8 cm³/mol. The lowest BCUT2D eigenvalue weighted by molar-refractivity contribution is -0.171. The molecule has 0 atom stereocenters. The maximum Gasteiger partial charge on any atom is 0.449 e. The molecule has 2 rings (SSSR count). The number of carbonyl (C=O) groups excluding carboxylic acids is 1. The molecule has 0 N–H and O–H groups in total. The van der Waals surface area contributed by atoms with Crippen LogP contribution in [0.1, 0.15) is 36.3 Å². The van der Waals surface area contributed by atoms with Gasteiger partial charge in [0.25, 0.3) is 0 Å². The van der Waals surface area contributed by atoms with Crippen LogP contribution in [-0.2, 0) is 11.2 Å². The average molecular weight is 242 g/mol. The highest BCUT2D eigenvalue weighted by molar-refractivity contribution is 5.84. The minimum atomic E-state index is -4.70. The molecule has 1 aliphatic rings. The summed E-state index contributed by atoms with van der Waals surface area (Å²) >= 11 is 0. The number of aryl methyl sites for hydroxylation is 1. The van der Waals surface area contributed by atoms with E-state index >= 15 is 0 Å². The summed E-state index contributed by atoms with van der Waals surface area (Å²) in [6, 6.07) is 7.53. The highest BCUT2D eigenvalue weighted by atomic mass is 19.4. The number of halogens is 3. The summed E-state index contributed by atoms with van der Waals surface area (Å²) in [5, 5.41) is 0. The molecular weight excluding hydrogens is 229 g/mol. The van der Waals surface area contributed by atoms with Gasteiger partial charge in [-0.25, -0.2) is 0 Å². The van der Waals surface area contributed by atoms with Gasteiger partial charge in [-0.2, -0.15) is 13.2 Å². The predicted octanol–water partition coefficient (Wildman–Crippen LogP) is 3.63. The molecule has 0 spiro atoms. The first kappa shape index (κ1) is 12.1. The number of benzene rings is 1. The third kappa shape index (κ3) is 3.32. The number of hydrogen-bond acceptors (Lipinski definition) is 1. The maximum absolute atomic E-state index is 12.0. The van der Waals surface area contributed by atoms with E-state index in [1.165, 1.54) is 18.4 Å². The summed E-state index contributed by atoms with van der Waals surface area (Å²) in [6.45, 7) is 0. The van der Waals surface area contributed by atoms with E-state index in [1.54, 1.807) is 0 Å². The fourth-order valence-electron chi connectivity index (χ4n) is 1.77. The molecule has 92 valence electrons. The SMILES string of the molecule is O=C(CCc1ccc(C2CC2)cc1)C(F)(F)F. The number of rotatable bonds is 4. The van der Waals surface area contributed by atoms with Gasteiger partial charge >= 0.3 is 6.18 Å². The molecule has 0 amide bonds. The molecule has 1 saturated carbocycles. The first-order valence-corrected chi connectivity index (χ1v) is 5.65. The number of carbonyl (C=O) groups is 1. The summed E-state index contributed by atoms with van der Waals surface area (Å²) in [4.78, 5) is 10.7. The summed E-state index contributed by atoms with van der Waals surface area (Å²) in [6.07, 6.45) is -2.61. The van der Waals surface area contributed by atoms with Crippen LogP contribution in [0.4, 0.5) is 13.2 Å². The highest BCUT2D eigenvalue weighted by Gasteiger charge is 2.37. The Morgan fingerprint density at radius 2 is 1.76 bits per heavy atom. The van der Waals surface area contributed by atoms with Crippen LogP contribution in [0, 0.1) is 0 Å². The van der Waals surface area contributed by atoms with E-state index in [9.17, 15) is 18.0 Å². The topological polar surface area (TPSA) is 17.1 Å². The summed E-state index contributed by atoms with van der Waals surface area (Å²) < 4.78 is 35.9. The van der Waals surface area contributed by atoms with Crippen molar-refractivity contribution < 1.29 is 18.0 Å². The summed E-state index contributed by atoms with van der Waals surface area (Å²) in [5.74, 6) is -1.01. The van der Waals surface area contributed by atoms with Gasteiger partial charge in [-0.1, -0.05) is 24.3 Å². The molecule has 0 heterocycles. The van der Waals surface area contributed by atoms with Gasteiger partial charge in [0.15, 0.2) is 0 Å². The fourth-order valence-corrected chi connectivity index (χ4v) is 1.77. The molecule has 1 aromatic carbocycles. The first-order valence-electron chi connectivity index (χ1n) is 5.65. The quantitative estimate of drug-likeness (QED) is 0.788. The Hall–Kier alpha value is -1.32. The molecule has 0 aliphatic heterocycles. The summed E-state index contributed by atoms with van der Waals surface area (Å²) in [5.41, 5.74) is 2.03. The van der Waals surface area contributed by atoms with E-state index in [1.807, 2.05) is 24.3 Å². The maximum atomic E-state index is 12.0. The summed E-state index contributed by atoms with van der Waals surface area (Å²) in [7, 11) is 0. The molecule has 0 saturated heterocycles. The molecule has 0 aromatic heterocycles. The smallest absolute Gasteiger partial charge is 0.290 e. The van der Waals surface area contributed by atoms with Crippen molar-refractivity contribution in [2.45, 2.75) is 37.8 Å². The van der Waals surface area contributed by atoms with Crippen LogP contribution in [0.2, 0.25) is 0 Å². The Labute approximate surface area is 97.6 Å². The molecule has 1 fully saturated rings. The first-order chi connectivity index (χ1) is 7.97. The Kier molecular flexibility index (Phi) is 3.22. The third-order valence-corrected chi connectivity index (χ3v) is 2.99. The molecule has 1 aromatic rings. The van der Waals surface area contributed by atoms with E-state index in [0.717, 1.165) is 5.56 Å². The lowest BCUT2D eigenvalue weighted by Gasteiger charge is -2.05. The van der Waals surface area contributed by atoms with Gasteiger partial charge in [0.05, 0.1) is 0 Å². The zero-order valence-electron chi connectivity index (χ0n) is 9.26. The molecule has 0 unspecified atom stereocenters. The molecule has 0 radical (unpaired) electrons. The Morgan fingerprint density at radius 3 is 2.24 bits per heavy atom. The molecule has 0 bridgehead atoms. The van der Waals surface area contributed by atoms with Crippen molar-refractivity contribution in [2.75, 3.05) is 0 Å². The normalized spacial score (nSPS) is 15.9. The van der Waals surface area contributed by atoms with Crippen molar-refractivity contribution in [3.05, 3.63) is 35.4 Å². The van der Waals surface area contributed by atoms with Crippen LogP contribution in [0.25, 0.3) is 0 Å². The van der Waals surface area contributed by atoms with Gasteiger partial charge in [0.2, 0.25) is 5.78 Å². The lowest BCUT2D eigenvalue weighted by atomic mass is 10.0. The zero-order valence-corrected chi connectivity index (χ0v) is 9.26. The van der Waals surface area contributed by atoms with E-state index in [4.69, 9.17) is 0 Å². The van der Waals surface area contributed by atoms with Gasteiger partial charge in [0, 0.05) is 6.42 Å². The molecule has 1 aliphatic carbocycles. The van der Waals surface area contributed by atoms with Gasteiger partial charge in [-0.3, -0.25) is 4.79 Å². The van der Waals surface area contributed by atoms with Crippen molar-refractivity contribution in [3.8, 4) is 0 Å². The van der Waals surface area contributed by atoms with Crippen LogP contribution in [0.3, 0.4) is 0 Å². The van der Waals surface area contributed by atoms with Crippen LogP contribution in [0.5, 0.6) is 0 Å². The largest absolute Gasteiger partial charge is 0.449 e. The van der Waals surface area contributed by atoms with E-state index in [2.05, 4.69) is 0 Å². The van der Waals surface area contributed by atoms with Crippen LogP contribution in [-0.4, -0.2) is 12.0 Å². The fraction of sp³-hybridized carbons (Fsp3) is 0.462. The van der Waals surface area contributed by atoms with Crippen molar-refractivity contribution in [3.63, 3.8) is 0 Å². The van der Waals surface area contributed by atoms with Crippen molar-refractivity contribution in [1.82, 2.24) is 0 Å². The third-order valence-electron chi connectivity index (χ3n) is 2.99. The van der Waals surface area contributed by atoms with Crippen molar-refractivity contribution >= 4 is 5.78 Å². The van der Waals surface area contributed by atoms with Crippen molar-refractivity contribution in [1.29, 1.82) is 0 Å². The number of ketones is 1. The standard InChI is InChI=1S/C13H13F3O/c14-13(15,16)12(17)8-3-9-1-4-10(5-2-9)11-6-7-11/h1-2,4-5,11H,3,6-8H2. The van der Waals surface area contributed by atoms with Crippen LogP contribution < -0.4 is 0 Å². The number of Topliss-reactive ketones (excluding diaryl/α,β-unsaturated/α-hetero) is 1. The second-order valence-corrected chi connectivity index (χ2v) is 4.44. The lowest BCUT2D eigenvalue weighted by Crippen LogP contribution is -2.22. The van der Waals surface area contributed by atoms with Crippen molar-refractivity contribution in [2.24, 2.45) is 0 Å². The minimum Gasteiger partial charge on any atom is -0.290 e. The van der Waals surface area contributed by atoms with Gasteiger partial charge in [-0.15, -0.1) is 0 Å². The van der Waals surface area contributed by atoms with E-state index in [0.29, 0.717) is 5.92 Å². The molecule has 1 nitrogen and oxygen atoms in total. The van der Waals surface area contributed by atoms with Gasteiger partial charge < -0.3 is 0 Å². The number of hydrogen-bond donors (Lipinski definition) is 0. The highest BCUT2D eigenvalue weighted by Crippen LogP contribution is 2.39. The Morgan fingerprint density at radius 1 is 1.18 bits per heavy atom. The monoisotopic (exact) mass is 242 g/mol. The number of alkyl halides is 3. The molecule has 17 heavy (non-hydrogen) atoms. The van der Waals surface area contributed by atoms with Crippen LogP contribution in [0.15, 0.2) is 24.3 Å². The van der Waals surface area contributed by atoms with Gasteiger partial charge in [-0.05, 0) is 36.3 Å². The van der Waals surface area contributed by atoms with Gasteiger partial charge in [0.1, 0.15) is 0 Å².